The molecule has 0 aliphatic heterocycles. The molecule has 0 aliphatic carbocycles. The molecule has 2 amide bonds. The van der Waals surface area contributed by atoms with Crippen molar-refractivity contribution >= 4 is 22.7 Å². The van der Waals surface area contributed by atoms with Crippen LogP contribution in [0.5, 0.6) is 0 Å². The number of carbonyl (C=O) groups is 2. The molecule has 0 saturated carbocycles. The van der Waals surface area contributed by atoms with Crippen molar-refractivity contribution in [2.24, 2.45) is 0 Å². The fraction of sp³-hybridized carbons (Fsp3) is 0.250. The molecule has 0 unspecified atom stereocenters. The number of hydrogen-bond donors (Lipinski definition) is 2. The molecule has 0 aliphatic rings. The van der Waals surface area contributed by atoms with Crippen molar-refractivity contribution in [2.45, 2.75) is 13.3 Å². The molecule has 6 heteroatoms. The zero-order valence-corrected chi connectivity index (χ0v) is 14.7. The summed E-state index contributed by atoms with van der Waals surface area (Å²) in [5.41, 5.74) is 2.80. The van der Waals surface area contributed by atoms with Gasteiger partial charge in [0.2, 0.25) is 5.91 Å². The van der Waals surface area contributed by atoms with E-state index in [1.807, 2.05) is 24.4 Å². The van der Waals surface area contributed by atoms with E-state index < -0.39 is 0 Å². The van der Waals surface area contributed by atoms with Gasteiger partial charge in [-0.3, -0.25) is 14.6 Å². The highest BCUT2D eigenvalue weighted by atomic mass is 16.2. The number of aromatic nitrogens is 2. The van der Waals surface area contributed by atoms with E-state index in [0.717, 1.165) is 11.9 Å². The maximum Gasteiger partial charge on any atom is 0.252 e. The molecule has 0 saturated heterocycles. The molecule has 0 spiro atoms. The minimum absolute atomic E-state index is 0.000433. The quantitative estimate of drug-likeness (QED) is 0.687. The van der Waals surface area contributed by atoms with Gasteiger partial charge in [0.05, 0.1) is 5.56 Å². The van der Waals surface area contributed by atoms with E-state index in [4.69, 9.17) is 0 Å². The zero-order chi connectivity index (χ0) is 18.4. The number of H-pyrrole nitrogens is 1. The van der Waals surface area contributed by atoms with Crippen molar-refractivity contribution in [1.29, 1.82) is 0 Å². The van der Waals surface area contributed by atoms with E-state index in [-0.39, 0.29) is 11.8 Å². The number of pyridine rings is 1. The van der Waals surface area contributed by atoms with Crippen molar-refractivity contribution < 1.29 is 9.59 Å². The second-order valence-corrected chi connectivity index (χ2v) is 6.11. The van der Waals surface area contributed by atoms with Crippen molar-refractivity contribution in [3.63, 3.8) is 0 Å². The molecule has 0 atom stereocenters. The maximum atomic E-state index is 12.0. The van der Waals surface area contributed by atoms with Crippen LogP contribution < -0.4 is 5.32 Å². The van der Waals surface area contributed by atoms with Crippen LogP contribution in [0.25, 0.3) is 10.9 Å². The highest BCUT2D eigenvalue weighted by Gasteiger charge is 2.11. The van der Waals surface area contributed by atoms with Crippen LogP contribution in [0.1, 0.15) is 22.8 Å². The largest absolute Gasteiger partial charge is 0.361 e. The number of para-hydroxylation sites is 1. The molecule has 0 radical (unpaired) electrons. The number of nitrogens with one attached hydrogen (secondary N) is 2. The van der Waals surface area contributed by atoms with Gasteiger partial charge in [-0.05, 0) is 30.2 Å². The standard InChI is InChI=1S/C20H22N4O2/c1-15(25)24(12-10-22-20(26)17-5-4-9-21-13-17)11-8-16-14-23-19-7-3-2-6-18(16)19/h2-7,9,13-14,23H,8,10-12H2,1H3,(H,22,26). The Morgan fingerprint density at radius 1 is 1.15 bits per heavy atom. The number of rotatable bonds is 7. The third-order valence-electron chi connectivity index (χ3n) is 4.36. The first-order valence-corrected chi connectivity index (χ1v) is 8.64. The first kappa shape index (κ1) is 17.7. The molecule has 2 aromatic heterocycles. The molecule has 0 bridgehead atoms. The maximum absolute atomic E-state index is 12.0. The minimum atomic E-state index is -0.182. The van der Waals surface area contributed by atoms with Crippen LogP contribution in [0.2, 0.25) is 0 Å². The normalized spacial score (nSPS) is 10.7. The van der Waals surface area contributed by atoms with Gasteiger partial charge in [0.1, 0.15) is 0 Å². The van der Waals surface area contributed by atoms with E-state index in [1.165, 1.54) is 17.1 Å². The summed E-state index contributed by atoms with van der Waals surface area (Å²) >= 11 is 0. The number of benzene rings is 1. The zero-order valence-electron chi connectivity index (χ0n) is 14.7. The van der Waals surface area contributed by atoms with Crippen molar-refractivity contribution in [3.05, 3.63) is 66.1 Å². The Balaban J connectivity index is 1.53. The van der Waals surface area contributed by atoms with Gasteiger partial charge in [0, 0.05) is 56.1 Å². The molecule has 2 heterocycles. The summed E-state index contributed by atoms with van der Waals surface area (Å²) in [7, 11) is 0. The third kappa shape index (κ3) is 4.27. The van der Waals surface area contributed by atoms with Gasteiger partial charge in [0.15, 0.2) is 0 Å². The number of nitrogens with zero attached hydrogens (tertiary/aromatic N) is 2. The Labute approximate surface area is 152 Å². The van der Waals surface area contributed by atoms with Crippen LogP contribution in [0, 0.1) is 0 Å². The monoisotopic (exact) mass is 350 g/mol. The minimum Gasteiger partial charge on any atom is -0.361 e. The summed E-state index contributed by atoms with van der Waals surface area (Å²) in [4.78, 5) is 32.9. The molecule has 3 rings (SSSR count). The Hall–Kier alpha value is -3.15. The lowest BCUT2D eigenvalue weighted by Crippen LogP contribution is -2.38. The lowest BCUT2D eigenvalue weighted by molar-refractivity contribution is -0.128. The summed E-state index contributed by atoms with van der Waals surface area (Å²) in [5, 5.41) is 4.01. The van der Waals surface area contributed by atoms with E-state index in [2.05, 4.69) is 21.4 Å². The predicted octanol–water partition coefficient (Wildman–Crippen LogP) is 2.38. The van der Waals surface area contributed by atoms with E-state index in [0.29, 0.717) is 25.2 Å². The van der Waals surface area contributed by atoms with Crippen LogP contribution >= 0.6 is 0 Å². The Kier molecular flexibility index (Phi) is 5.63. The van der Waals surface area contributed by atoms with Gasteiger partial charge in [-0.25, -0.2) is 0 Å². The van der Waals surface area contributed by atoms with Crippen LogP contribution in [0.3, 0.4) is 0 Å². The third-order valence-corrected chi connectivity index (χ3v) is 4.36. The highest BCUT2D eigenvalue weighted by Crippen LogP contribution is 2.18. The number of amides is 2. The summed E-state index contributed by atoms with van der Waals surface area (Å²) in [6.45, 7) is 3.04. The fourth-order valence-electron chi connectivity index (χ4n) is 2.92. The van der Waals surface area contributed by atoms with Crippen molar-refractivity contribution in [1.82, 2.24) is 20.2 Å². The van der Waals surface area contributed by atoms with Crippen LogP contribution in [-0.2, 0) is 11.2 Å². The number of aromatic amines is 1. The Morgan fingerprint density at radius 2 is 2.00 bits per heavy atom. The first-order valence-electron chi connectivity index (χ1n) is 8.64. The second kappa shape index (κ2) is 8.29. The van der Waals surface area contributed by atoms with Crippen molar-refractivity contribution in [3.8, 4) is 0 Å². The van der Waals surface area contributed by atoms with E-state index in [1.54, 1.807) is 30.2 Å². The average Bonchev–Trinajstić information content (AvgIpc) is 3.08. The summed E-state index contributed by atoms with van der Waals surface area (Å²) in [6.07, 6.45) is 5.90. The molecule has 26 heavy (non-hydrogen) atoms. The molecule has 6 nitrogen and oxygen atoms in total. The molecule has 3 aromatic rings. The van der Waals surface area contributed by atoms with Gasteiger partial charge in [-0.2, -0.15) is 0 Å². The first-order chi connectivity index (χ1) is 12.6. The topological polar surface area (TPSA) is 78.1 Å². The van der Waals surface area contributed by atoms with Gasteiger partial charge in [-0.1, -0.05) is 18.2 Å². The Morgan fingerprint density at radius 3 is 2.77 bits per heavy atom. The van der Waals surface area contributed by atoms with Crippen LogP contribution in [-0.4, -0.2) is 46.3 Å². The average molecular weight is 350 g/mol. The summed E-state index contributed by atoms with van der Waals surface area (Å²) < 4.78 is 0. The SMILES string of the molecule is CC(=O)N(CCNC(=O)c1cccnc1)CCc1c[nH]c2ccccc12. The Bertz CT molecular complexity index is 889. The number of fused-ring (bicyclic) bond motifs is 1. The molecule has 1 aromatic carbocycles. The summed E-state index contributed by atoms with van der Waals surface area (Å²) in [5.74, 6) is -0.182. The van der Waals surface area contributed by atoms with E-state index in [9.17, 15) is 9.59 Å². The van der Waals surface area contributed by atoms with Crippen molar-refractivity contribution in [2.75, 3.05) is 19.6 Å². The molecule has 2 N–H and O–H groups in total. The van der Waals surface area contributed by atoms with Gasteiger partial charge in [0.25, 0.3) is 5.91 Å². The van der Waals surface area contributed by atoms with Gasteiger partial charge >= 0.3 is 0 Å². The number of hydrogen-bond acceptors (Lipinski definition) is 3. The smallest absolute Gasteiger partial charge is 0.252 e. The molecule has 0 fully saturated rings. The predicted molar refractivity (Wildman–Crippen MR) is 101 cm³/mol. The summed E-state index contributed by atoms with van der Waals surface area (Å²) in [6, 6.07) is 11.6. The second-order valence-electron chi connectivity index (χ2n) is 6.11. The lowest BCUT2D eigenvalue weighted by atomic mass is 10.1. The van der Waals surface area contributed by atoms with Gasteiger partial charge in [-0.15, -0.1) is 0 Å². The fourth-order valence-corrected chi connectivity index (χ4v) is 2.92. The van der Waals surface area contributed by atoms with Crippen LogP contribution in [0.4, 0.5) is 0 Å². The van der Waals surface area contributed by atoms with Crippen LogP contribution in [0.15, 0.2) is 55.0 Å². The highest BCUT2D eigenvalue weighted by molar-refractivity contribution is 5.93. The lowest BCUT2D eigenvalue weighted by Gasteiger charge is -2.21. The molecule has 134 valence electrons. The van der Waals surface area contributed by atoms with E-state index >= 15 is 0 Å². The number of carbonyl (C=O) groups excluding carboxylic acids is 2. The molecular formula is C20H22N4O2. The molecular weight excluding hydrogens is 328 g/mol. The van der Waals surface area contributed by atoms with Gasteiger partial charge < -0.3 is 15.2 Å².